The Morgan fingerprint density at radius 2 is 1.33 bits per heavy atom. The zero-order valence-corrected chi connectivity index (χ0v) is 8.43. The first-order valence-corrected chi connectivity index (χ1v) is 4.67. The number of carbonyl (C=O) groups is 2. The van der Waals surface area contributed by atoms with Gasteiger partial charge in [-0.25, -0.2) is 0 Å². The number of ketones is 2. The van der Waals surface area contributed by atoms with Crippen molar-refractivity contribution in [3.63, 3.8) is 0 Å². The van der Waals surface area contributed by atoms with Gasteiger partial charge in [0.2, 0.25) is 0 Å². The lowest BCUT2D eigenvalue weighted by molar-refractivity contribution is 0.0994. The molecule has 15 heavy (non-hydrogen) atoms. The summed E-state index contributed by atoms with van der Waals surface area (Å²) in [6.07, 6.45) is 2.62. The second kappa shape index (κ2) is 5.22. The van der Waals surface area contributed by atoms with Crippen LogP contribution in [0.3, 0.4) is 0 Å². The largest absolute Gasteiger partial charge is 0.397 e. The van der Waals surface area contributed by atoms with Gasteiger partial charge in [-0.1, -0.05) is 24.3 Å². The average molecular weight is 204 g/mol. The summed E-state index contributed by atoms with van der Waals surface area (Å²) in [4.78, 5) is 22.4. The van der Waals surface area contributed by atoms with Crippen LogP contribution in [0.4, 0.5) is 0 Å². The third-order valence-corrected chi connectivity index (χ3v) is 1.84. The van der Waals surface area contributed by atoms with Crippen molar-refractivity contribution in [2.24, 2.45) is 0 Å². The number of carbonyl (C=O) groups excluding carboxylic acids is 2. The van der Waals surface area contributed by atoms with E-state index in [0.29, 0.717) is 11.1 Å². The van der Waals surface area contributed by atoms with Gasteiger partial charge >= 0.3 is 0 Å². The topological polar surface area (TPSA) is 54.4 Å². The molecule has 0 aliphatic heterocycles. The standard InChI is InChI=1S/C10H6O2.C2H6O/c11-9-5-6-10(12)8-4-2-1-3-7(8)9;1-2-3/h1-6H;3H,2H2,1H3. The Hall–Kier alpha value is -1.74. The average Bonchev–Trinajstić information content (AvgIpc) is 2.25. The highest BCUT2D eigenvalue weighted by Gasteiger charge is 2.16. The van der Waals surface area contributed by atoms with E-state index in [1.165, 1.54) is 12.2 Å². The molecule has 0 amide bonds. The molecule has 0 spiro atoms. The van der Waals surface area contributed by atoms with Crippen LogP contribution >= 0.6 is 0 Å². The van der Waals surface area contributed by atoms with Crippen LogP contribution in [0.1, 0.15) is 27.6 Å². The molecule has 2 rings (SSSR count). The number of aliphatic hydroxyl groups excluding tert-OH is 1. The van der Waals surface area contributed by atoms with Crippen molar-refractivity contribution >= 4 is 11.6 Å². The summed E-state index contributed by atoms with van der Waals surface area (Å²) in [5.41, 5.74) is 1.01. The Morgan fingerprint density at radius 1 is 1.00 bits per heavy atom. The summed E-state index contributed by atoms with van der Waals surface area (Å²) in [5, 5.41) is 7.57. The Labute approximate surface area is 88.0 Å². The lowest BCUT2D eigenvalue weighted by Crippen LogP contribution is -2.10. The Kier molecular flexibility index (Phi) is 3.94. The number of rotatable bonds is 0. The second-order valence-corrected chi connectivity index (χ2v) is 2.92. The Morgan fingerprint density at radius 3 is 1.67 bits per heavy atom. The molecule has 0 fully saturated rings. The first-order chi connectivity index (χ1) is 7.20. The minimum Gasteiger partial charge on any atom is -0.397 e. The van der Waals surface area contributed by atoms with Crippen LogP contribution in [0.5, 0.6) is 0 Å². The molecule has 78 valence electrons. The molecule has 3 heteroatoms. The molecule has 0 radical (unpaired) electrons. The lowest BCUT2D eigenvalue weighted by Gasteiger charge is -2.06. The number of hydrogen-bond donors (Lipinski definition) is 1. The monoisotopic (exact) mass is 204 g/mol. The van der Waals surface area contributed by atoms with Gasteiger partial charge in [-0.05, 0) is 19.1 Å². The molecule has 1 aromatic rings. The summed E-state index contributed by atoms with van der Waals surface area (Å²) in [6.45, 7) is 1.93. The normalized spacial score (nSPS) is 12.9. The molecule has 1 N–H and O–H groups in total. The molecular weight excluding hydrogens is 192 g/mol. The first-order valence-electron chi connectivity index (χ1n) is 4.67. The van der Waals surface area contributed by atoms with Gasteiger partial charge in [0.05, 0.1) is 0 Å². The van der Waals surface area contributed by atoms with E-state index in [4.69, 9.17) is 5.11 Å². The summed E-state index contributed by atoms with van der Waals surface area (Å²) in [6, 6.07) is 6.84. The van der Waals surface area contributed by atoms with Gasteiger partial charge in [-0.2, -0.15) is 0 Å². The Bertz CT molecular complexity index is 368. The molecule has 0 saturated heterocycles. The van der Waals surface area contributed by atoms with E-state index >= 15 is 0 Å². The molecular formula is C12H12O3. The van der Waals surface area contributed by atoms with Crippen molar-refractivity contribution in [2.75, 3.05) is 6.61 Å². The van der Waals surface area contributed by atoms with Crippen LogP contribution < -0.4 is 0 Å². The number of fused-ring (bicyclic) bond motifs is 1. The summed E-state index contributed by atoms with van der Waals surface area (Å²) in [5.74, 6) is -0.185. The summed E-state index contributed by atoms with van der Waals surface area (Å²) in [7, 11) is 0. The third kappa shape index (κ3) is 2.60. The quantitative estimate of drug-likeness (QED) is 0.698. The minimum atomic E-state index is -0.0924. The first kappa shape index (κ1) is 11.3. The van der Waals surface area contributed by atoms with Crippen LogP contribution in [-0.2, 0) is 0 Å². The second-order valence-electron chi connectivity index (χ2n) is 2.92. The molecule has 0 heterocycles. The van der Waals surface area contributed by atoms with Crippen LogP contribution in [0.25, 0.3) is 0 Å². The van der Waals surface area contributed by atoms with Gasteiger partial charge in [-0.15, -0.1) is 0 Å². The van der Waals surface area contributed by atoms with E-state index in [9.17, 15) is 9.59 Å². The smallest absolute Gasteiger partial charge is 0.186 e. The molecule has 0 saturated carbocycles. The van der Waals surface area contributed by atoms with Crippen molar-refractivity contribution in [2.45, 2.75) is 6.92 Å². The fourth-order valence-corrected chi connectivity index (χ4v) is 1.24. The van der Waals surface area contributed by atoms with E-state index in [2.05, 4.69) is 0 Å². The fraction of sp³-hybridized carbons (Fsp3) is 0.167. The summed E-state index contributed by atoms with van der Waals surface area (Å²) < 4.78 is 0. The zero-order valence-electron chi connectivity index (χ0n) is 8.43. The van der Waals surface area contributed by atoms with Gasteiger partial charge in [0.25, 0.3) is 0 Å². The molecule has 0 bridgehead atoms. The van der Waals surface area contributed by atoms with Crippen LogP contribution in [0.15, 0.2) is 36.4 Å². The summed E-state index contributed by atoms with van der Waals surface area (Å²) >= 11 is 0. The molecule has 1 aromatic carbocycles. The number of benzene rings is 1. The van der Waals surface area contributed by atoms with Gasteiger partial charge < -0.3 is 5.11 Å². The van der Waals surface area contributed by atoms with Gasteiger partial charge in [0, 0.05) is 17.7 Å². The molecule has 3 nitrogen and oxygen atoms in total. The van der Waals surface area contributed by atoms with E-state index in [-0.39, 0.29) is 18.2 Å². The third-order valence-electron chi connectivity index (χ3n) is 1.84. The maximum atomic E-state index is 11.2. The minimum absolute atomic E-state index is 0.0924. The number of hydrogen-bond acceptors (Lipinski definition) is 3. The van der Waals surface area contributed by atoms with Crippen molar-refractivity contribution in [3.8, 4) is 0 Å². The highest BCUT2D eigenvalue weighted by Crippen LogP contribution is 2.15. The molecule has 1 aliphatic rings. The molecule has 1 aliphatic carbocycles. The predicted octanol–water partition coefficient (Wildman–Crippen LogP) is 1.62. The van der Waals surface area contributed by atoms with Crippen molar-refractivity contribution in [1.82, 2.24) is 0 Å². The number of allylic oxidation sites excluding steroid dienone is 2. The van der Waals surface area contributed by atoms with E-state index in [1.807, 2.05) is 0 Å². The Balaban J connectivity index is 0.000000337. The molecule has 0 unspecified atom stereocenters. The highest BCUT2D eigenvalue weighted by atomic mass is 16.2. The van der Waals surface area contributed by atoms with Crippen LogP contribution in [-0.4, -0.2) is 23.3 Å². The van der Waals surface area contributed by atoms with Gasteiger partial charge in [-0.3, -0.25) is 9.59 Å². The van der Waals surface area contributed by atoms with Gasteiger partial charge in [0.15, 0.2) is 11.6 Å². The van der Waals surface area contributed by atoms with E-state index in [0.717, 1.165) is 0 Å². The fourth-order valence-electron chi connectivity index (χ4n) is 1.24. The van der Waals surface area contributed by atoms with Crippen LogP contribution in [0, 0.1) is 0 Å². The highest BCUT2D eigenvalue weighted by molar-refractivity contribution is 6.21. The zero-order chi connectivity index (χ0) is 11.3. The van der Waals surface area contributed by atoms with Crippen LogP contribution in [0.2, 0.25) is 0 Å². The number of aliphatic hydroxyl groups is 1. The van der Waals surface area contributed by atoms with Gasteiger partial charge in [0.1, 0.15) is 0 Å². The van der Waals surface area contributed by atoms with E-state index in [1.54, 1.807) is 31.2 Å². The molecule has 0 atom stereocenters. The van der Waals surface area contributed by atoms with Crippen molar-refractivity contribution in [1.29, 1.82) is 0 Å². The molecule has 0 aromatic heterocycles. The van der Waals surface area contributed by atoms with Crippen molar-refractivity contribution < 1.29 is 14.7 Å². The maximum absolute atomic E-state index is 11.2. The maximum Gasteiger partial charge on any atom is 0.186 e. The lowest BCUT2D eigenvalue weighted by atomic mass is 9.95. The predicted molar refractivity (Wildman–Crippen MR) is 57.0 cm³/mol. The van der Waals surface area contributed by atoms with E-state index < -0.39 is 0 Å². The SMILES string of the molecule is CCO.O=C1C=CC(=O)c2ccccc21. The van der Waals surface area contributed by atoms with Crippen molar-refractivity contribution in [3.05, 3.63) is 47.5 Å².